The van der Waals surface area contributed by atoms with Crippen LogP contribution in [-0.2, 0) is 6.54 Å². The van der Waals surface area contributed by atoms with Gasteiger partial charge in [0.05, 0.1) is 0 Å². The number of nitrogens with zero attached hydrogens (tertiary/aromatic N) is 2. The summed E-state index contributed by atoms with van der Waals surface area (Å²) < 4.78 is 0. The van der Waals surface area contributed by atoms with Crippen molar-refractivity contribution < 1.29 is 10.2 Å². The topological polar surface area (TPSA) is 78.3 Å². The summed E-state index contributed by atoms with van der Waals surface area (Å²) in [5.74, 6) is -0.276. The van der Waals surface area contributed by atoms with E-state index < -0.39 is 0 Å². The lowest BCUT2D eigenvalue weighted by molar-refractivity contribution is 0.404. The smallest absolute Gasteiger partial charge is 0.158 e. The minimum Gasteiger partial charge on any atom is -0.504 e. The predicted molar refractivity (Wildman–Crippen MR) is 70.7 cm³/mol. The van der Waals surface area contributed by atoms with Crippen LogP contribution in [0.3, 0.4) is 0 Å². The lowest BCUT2D eigenvalue weighted by Crippen LogP contribution is -2.13. The minimum atomic E-state index is -0.145. The summed E-state index contributed by atoms with van der Waals surface area (Å²) in [6.45, 7) is 3.77. The van der Waals surface area contributed by atoms with E-state index in [1.54, 1.807) is 6.07 Å². The lowest BCUT2D eigenvalue weighted by atomic mass is 10.2. The van der Waals surface area contributed by atoms with Gasteiger partial charge in [-0.05, 0) is 31.2 Å². The van der Waals surface area contributed by atoms with E-state index in [2.05, 4.69) is 22.4 Å². The molecule has 0 fully saturated rings. The Morgan fingerprint density at radius 2 is 2.06 bits per heavy atom. The molecule has 0 saturated heterocycles. The van der Waals surface area contributed by atoms with Gasteiger partial charge in [-0.3, -0.25) is 0 Å². The maximum atomic E-state index is 9.44. The van der Waals surface area contributed by atoms with E-state index in [0.29, 0.717) is 6.54 Å². The molecule has 1 aromatic heterocycles. The molecule has 2 rings (SSSR count). The van der Waals surface area contributed by atoms with Gasteiger partial charge in [-0.15, -0.1) is 10.2 Å². The highest BCUT2D eigenvalue weighted by Gasteiger charge is 2.08. The predicted octanol–water partition coefficient (Wildman–Crippen LogP) is 2.12. The van der Waals surface area contributed by atoms with Gasteiger partial charge in [0.1, 0.15) is 10.0 Å². The molecule has 96 valence electrons. The second kappa shape index (κ2) is 5.79. The number of aromatic nitrogens is 2. The molecule has 2 aromatic rings. The van der Waals surface area contributed by atoms with Crippen LogP contribution in [0.4, 0.5) is 0 Å². The fraction of sp³-hybridized carbons (Fsp3) is 0.333. The first-order valence-corrected chi connectivity index (χ1v) is 6.57. The summed E-state index contributed by atoms with van der Waals surface area (Å²) in [6, 6.07) is 4.64. The van der Waals surface area contributed by atoms with Crippen LogP contribution in [-0.4, -0.2) is 27.0 Å². The molecule has 0 aliphatic heterocycles. The number of hydrogen-bond donors (Lipinski definition) is 3. The lowest BCUT2D eigenvalue weighted by Gasteiger charge is -1.99. The third-order valence-corrected chi connectivity index (χ3v) is 3.36. The summed E-state index contributed by atoms with van der Waals surface area (Å²) in [6.07, 6.45) is 1.08. The van der Waals surface area contributed by atoms with Gasteiger partial charge in [0.25, 0.3) is 0 Å². The second-order valence-corrected chi connectivity index (χ2v) is 4.94. The molecule has 0 spiro atoms. The van der Waals surface area contributed by atoms with Crippen molar-refractivity contribution in [1.82, 2.24) is 15.5 Å². The van der Waals surface area contributed by atoms with Gasteiger partial charge < -0.3 is 15.5 Å². The monoisotopic (exact) mass is 265 g/mol. The highest BCUT2D eigenvalue weighted by atomic mass is 32.1. The SMILES string of the molecule is CCCNCc1nnc(-c2ccc(O)c(O)c2)s1. The minimum absolute atomic E-state index is 0.131. The van der Waals surface area contributed by atoms with Crippen LogP contribution in [0.2, 0.25) is 0 Å². The number of nitrogens with one attached hydrogen (secondary N) is 1. The zero-order chi connectivity index (χ0) is 13.0. The molecule has 1 heterocycles. The van der Waals surface area contributed by atoms with Gasteiger partial charge in [0, 0.05) is 12.1 Å². The summed E-state index contributed by atoms with van der Waals surface area (Å²) in [7, 11) is 0. The summed E-state index contributed by atoms with van der Waals surface area (Å²) in [4.78, 5) is 0. The van der Waals surface area contributed by atoms with Crippen molar-refractivity contribution >= 4 is 11.3 Å². The van der Waals surface area contributed by atoms with Gasteiger partial charge in [0.15, 0.2) is 11.5 Å². The Balaban J connectivity index is 2.11. The number of aromatic hydroxyl groups is 2. The van der Waals surface area contributed by atoms with Gasteiger partial charge >= 0.3 is 0 Å². The Morgan fingerprint density at radius 1 is 1.22 bits per heavy atom. The van der Waals surface area contributed by atoms with Crippen LogP contribution in [0.1, 0.15) is 18.4 Å². The Morgan fingerprint density at radius 3 is 2.78 bits per heavy atom. The van der Waals surface area contributed by atoms with Crippen molar-refractivity contribution in [3.63, 3.8) is 0 Å². The van der Waals surface area contributed by atoms with Gasteiger partial charge in [-0.1, -0.05) is 18.3 Å². The molecule has 18 heavy (non-hydrogen) atoms. The van der Waals surface area contributed by atoms with Gasteiger partial charge in [0.2, 0.25) is 0 Å². The third-order valence-electron chi connectivity index (χ3n) is 2.39. The van der Waals surface area contributed by atoms with Crippen LogP contribution >= 0.6 is 11.3 Å². The molecule has 0 saturated carbocycles. The van der Waals surface area contributed by atoms with Crippen LogP contribution in [0.25, 0.3) is 10.6 Å². The van der Waals surface area contributed by atoms with E-state index in [4.69, 9.17) is 0 Å². The molecular formula is C12H15N3O2S. The number of phenolic OH excluding ortho intramolecular Hbond substituents is 2. The maximum absolute atomic E-state index is 9.44. The third kappa shape index (κ3) is 2.96. The van der Waals surface area contributed by atoms with Gasteiger partial charge in [-0.2, -0.15) is 0 Å². The molecule has 0 radical (unpaired) electrons. The largest absolute Gasteiger partial charge is 0.504 e. The van der Waals surface area contributed by atoms with Gasteiger partial charge in [-0.25, -0.2) is 0 Å². The first-order chi connectivity index (χ1) is 8.70. The van der Waals surface area contributed by atoms with Crippen molar-refractivity contribution in [3.8, 4) is 22.1 Å². The normalized spacial score (nSPS) is 10.7. The van der Waals surface area contributed by atoms with Crippen molar-refractivity contribution in [2.75, 3.05) is 6.54 Å². The molecule has 3 N–H and O–H groups in total. The van der Waals surface area contributed by atoms with Crippen LogP contribution in [0.15, 0.2) is 18.2 Å². The molecule has 6 heteroatoms. The van der Waals surface area contributed by atoms with Crippen molar-refractivity contribution in [2.45, 2.75) is 19.9 Å². The molecule has 0 atom stereocenters. The summed E-state index contributed by atoms with van der Waals surface area (Å²) >= 11 is 1.47. The number of rotatable bonds is 5. The van der Waals surface area contributed by atoms with E-state index >= 15 is 0 Å². The first kappa shape index (κ1) is 12.8. The first-order valence-electron chi connectivity index (χ1n) is 5.76. The number of hydrogen-bond acceptors (Lipinski definition) is 6. The highest BCUT2D eigenvalue weighted by molar-refractivity contribution is 7.14. The highest BCUT2D eigenvalue weighted by Crippen LogP contribution is 2.31. The summed E-state index contributed by atoms with van der Waals surface area (Å²) in [5, 5.41) is 31.7. The average molecular weight is 265 g/mol. The standard InChI is InChI=1S/C12H15N3O2S/c1-2-5-13-7-11-14-15-12(18-11)8-3-4-9(16)10(17)6-8/h3-4,6,13,16-17H,2,5,7H2,1H3. The van der Waals surface area contributed by atoms with E-state index in [9.17, 15) is 10.2 Å². The zero-order valence-electron chi connectivity index (χ0n) is 10.1. The Hall–Kier alpha value is -1.66. The van der Waals surface area contributed by atoms with Crippen LogP contribution in [0.5, 0.6) is 11.5 Å². The molecule has 0 bridgehead atoms. The molecular weight excluding hydrogens is 250 g/mol. The Labute approximate surface area is 109 Å². The molecule has 1 aromatic carbocycles. The molecule has 0 aliphatic carbocycles. The zero-order valence-corrected chi connectivity index (χ0v) is 10.9. The average Bonchev–Trinajstić information content (AvgIpc) is 2.82. The van der Waals surface area contributed by atoms with E-state index in [0.717, 1.165) is 28.5 Å². The van der Waals surface area contributed by atoms with E-state index in [1.807, 2.05) is 0 Å². The fourth-order valence-corrected chi connectivity index (χ4v) is 2.28. The fourth-order valence-electron chi connectivity index (χ4n) is 1.47. The Bertz CT molecular complexity index is 528. The van der Waals surface area contributed by atoms with Crippen LogP contribution in [0, 0.1) is 0 Å². The van der Waals surface area contributed by atoms with Crippen LogP contribution < -0.4 is 5.32 Å². The molecule has 0 amide bonds. The molecule has 0 aliphatic rings. The summed E-state index contributed by atoms with van der Waals surface area (Å²) in [5.41, 5.74) is 0.754. The second-order valence-electron chi connectivity index (χ2n) is 3.88. The van der Waals surface area contributed by atoms with Crippen molar-refractivity contribution in [3.05, 3.63) is 23.2 Å². The maximum Gasteiger partial charge on any atom is 0.158 e. The van der Waals surface area contributed by atoms with E-state index in [-0.39, 0.29) is 11.5 Å². The number of benzene rings is 1. The Kier molecular flexibility index (Phi) is 4.11. The molecule has 5 nitrogen and oxygen atoms in total. The van der Waals surface area contributed by atoms with Crippen molar-refractivity contribution in [1.29, 1.82) is 0 Å². The van der Waals surface area contributed by atoms with E-state index in [1.165, 1.54) is 23.5 Å². The molecule has 0 unspecified atom stereocenters. The number of phenols is 2. The quantitative estimate of drug-likeness (QED) is 0.570. The van der Waals surface area contributed by atoms with Crippen molar-refractivity contribution in [2.24, 2.45) is 0 Å².